The molecular weight excluding hydrogens is 569 g/mol. The second kappa shape index (κ2) is 12.9. The first-order valence-corrected chi connectivity index (χ1v) is 12.9. The van der Waals surface area contributed by atoms with E-state index in [0.29, 0.717) is 44.2 Å². The molecule has 0 saturated heterocycles. The lowest BCUT2D eigenvalue weighted by Crippen LogP contribution is -2.27. The van der Waals surface area contributed by atoms with Gasteiger partial charge < -0.3 is 10.5 Å². The molecule has 2 heterocycles. The molecule has 0 aliphatic heterocycles. The number of anilines is 1. The second-order valence-electron chi connectivity index (χ2n) is 8.10. The first kappa shape index (κ1) is 28.3. The number of nitrogens with one attached hydrogen (secondary N) is 1. The molecule has 4 aromatic rings. The van der Waals surface area contributed by atoms with Gasteiger partial charge in [0.1, 0.15) is 18.1 Å². The van der Waals surface area contributed by atoms with Crippen molar-refractivity contribution >= 4 is 52.7 Å². The third-order valence-electron chi connectivity index (χ3n) is 5.69. The number of amides is 1. The summed E-state index contributed by atoms with van der Waals surface area (Å²) in [4.78, 5) is 15.4. The average Bonchev–Trinajstić information content (AvgIpc) is 3.53. The quantitative estimate of drug-likeness (QED) is 0.191. The zero-order chi connectivity index (χ0) is 27.9. The molecule has 0 radical (unpaired) electrons. The van der Waals surface area contributed by atoms with Crippen molar-refractivity contribution in [2.75, 3.05) is 18.8 Å². The number of halogens is 3. The topological polar surface area (TPSA) is 150 Å². The van der Waals surface area contributed by atoms with E-state index in [0.717, 1.165) is 17.8 Å². The van der Waals surface area contributed by atoms with Crippen molar-refractivity contribution in [2.24, 2.45) is 5.10 Å². The van der Waals surface area contributed by atoms with E-state index in [1.807, 2.05) is 13.8 Å². The van der Waals surface area contributed by atoms with Crippen molar-refractivity contribution in [3.63, 3.8) is 0 Å². The lowest BCUT2D eigenvalue weighted by Gasteiger charge is -2.16. The van der Waals surface area contributed by atoms with Gasteiger partial charge in [-0.2, -0.15) is 9.78 Å². The van der Waals surface area contributed by atoms with Gasteiger partial charge in [0.25, 0.3) is 5.91 Å². The molecule has 4 rings (SSSR count). The van der Waals surface area contributed by atoms with Gasteiger partial charge in [0.05, 0.1) is 6.21 Å². The standard InChI is InChI=1S/C24H24Cl3N9O3/c1-3-35(4-2)12-19-21(36(34-30-19)23-22(28)32-39-33-23)24(37)31-29-11-14-10-15(25)8-9-20(14)38-13-16-17(26)6-5-7-18(16)27/h5-11H,3-4,12-13H2,1-2H3,(H2,28,32)(H,31,37). The molecule has 0 bridgehead atoms. The summed E-state index contributed by atoms with van der Waals surface area (Å²) in [5.41, 5.74) is 9.95. The molecule has 0 spiro atoms. The van der Waals surface area contributed by atoms with Gasteiger partial charge in [-0.15, -0.1) is 5.10 Å². The zero-order valence-electron chi connectivity index (χ0n) is 20.9. The lowest BCUT2D eigenvalue weighted by molar-refractivity contribution is 0.0945. The summed E-state index contributed by atoms with van der Waals surface area (Å²) in [6, 6.07) is 10.2. The maximum atomic E-state index is 13.3. The normalized spacial score (nSPS) is 11.4. The Bertz CT molecular complexity index is 1460. The van der Waals surface area contributed by atoms with Crippen molar-refractivity contribution in [1.29, 1.82) is 0 Å². The van der Waals surface area contributed by atoms with Gasteiger partial charge in [0.15, 0.2) is 5.69 Å². The van der Waals surface area contributed by atoms with Gasteiger partial charge in [0, 0.05) is 32.7 Å². The number of carbonyl (C=O) groups excluding carboxylic acids is 1. The van der Waals surface area contributed by atoms with Crippen molar-refractivity contribution in [2.45, 2.75) is 27.0 Å². The fourth-order valence-electron chi connectivity index (χ4n) is 3.58. The van der Waals surface area contributed by atoms with Crippen molar-refractivity contribution in [3.05, 3.63) is 74.0 Å². The van der Waals surface area contributed by atoms with Gasteiger partial charge in [-0.3, -0.25) is 9.69 Å². The molecule has 204 valence electrons. The van der Waals surface area contributed by atoms with Gasteiger partial charge >= 0.3 is 0 Å². The Morgan fingerprint density at radius 2 is 1.92 bits per heavy atom. The smallest absolute Gasteiger partial charge is 0.292 e. The van der Waals surface area contributed by atoms with Crippen LogP contribution in [-0.2, 0) is 13.2 Å². The van der Waals surface area contributed by atoms with Crippen LogP contribution in [0.25, 0.3) is 5.82 Å². The van der Waals surface area contributed by atoms with Crippen LogP contribution in [0.5, 0.6) is 5.75 Å². The third kappa shape index (κ3) is 6.66. The molecule has 0 aliphatic rings. The van der Waals surface area contributed by atoms with E-state index in [9.17, 15) is 4.79 Å². The molecule has 0 aliphatic carbocycles. The molecule has 15 heteroatoms. The molecule has 1 amide bonds. The molecule has 2 aromatic carbocycles. The Morgan fingerprint density at radius 1 is 1.18 bits per heavy atom. The van der Waals surface area contributed by atoms with Crippen LogP contribution < -0.4 is 15.9 Å². The van der Waals surface area contributed by atoms with E-state index in [1.165, 1.54) is 6.21 Å². The molecular formula is C24H24Cl3N9O3. The summed E-state index contributed by atoms with van der Waals surface area (Å²) in [5, 5.41) is 21.0. The highest BCUT2D eigenvalue weighted by atomic mass is 35.5. The van der Waals surface area contributed by atoms with Crippen LogP contribution in [0, 0.1) is 0 Å². The summed E-state index contributed by atoms with van der Waals surface area (Å²) in [7, 11) is 0. The summed E-state index contributed by atoms with van der Waals surface area (Å²) in [5.74, 6) is -0.172. The van der Waals surface area contributed by atoms with Crippen LogP contribution in [0.2, 0.25) is 15.1 Å². The highest BCUT2D eigenvalue weighted by Crippen LogP contribution is 2.28. The SMILES string of the molecule is CCN(CC)Cc1nnn(-c2nonc2N)c1C(=O)NN=Cc1cc(Cl)ccc1OCc1c(Cl)cccc1Cl. The predicted molar refractivity (Wildman–Crippen MR) is 148 cm³/mol. The number of aromatic nitrogens is 5. The third-order valence-corrected chi connectivity index (χ3v) is 6.64. The maximum absolute atomic E-state index is 13.3. The molecule has 0 atom stereocenters. The van der Waals surface area contributed by atoms with E-state index in [1.54, 1.807) is 36.4 Å². The molecule has 2 aromatic heterocycles. The van der Waals surface area contributed by atoms with Gasteiger partial charge in [-0.05, 0) is 53.7 Å². The number of rotatable bonds is 11. The molecule has 0 fully saturated rings. The van der Waals surface area contributed by atoms with Crippen molar-refractivity contribution < 1.29 is 14.2 Å². The number of hydrazone groups is 1. The Kier molecular flexibility index (Phi) is 9.36. The van der Waals surface area contributed by atoms with E-state index in [2.05, 4.69) is 40.7 Å². The minimum Gasteiger partial charge on any atom is -0.488 e. The molecule has 39 heavy (non-hydrogen) atoms. The van der Waals surface area contributed by atoms with Crippen LogP contribution in [0.1, 0.15) is 41.2 Å². The van der Waals surface area contributed by atoms with E-state index in [-0.39, 0.29) is 23.9 Å². The number of ether oxygens (including phenoxy) is 1. The number of nitrogen functional groups attached to an aromatic ring is 1. The first-order chi connectivity index (χ1) is 18.8. The first-order valence-electron chi connectivity index (χ1n) is 11.8. The van der Waals surface area contributed by atoms with Gasteiger partial charge in [-0.1, -0.05) is 59.9 Å². The largest absolute Gasteiger partial charge is 0.488 e. The number of hydrogen-bond donors (Lipinski definition) is 2. The number of benzene rings is 2. The minimum atomic E-state index is -0.604. The number of nitrogens with zero attached hydrogens (tertiary/aromatic N) is 7. The second-order valence-corrected chi connectivity index (χ2v) is 9.35. The summed E-state index contributed by atoms with van der Waals surface area (Å²) in [6.07, 6.45) is 1.40. The Hall–Kier alpha value is -3.71. The Labute approximate surface area is 238 Å². The van der Waals surface area contributed by atoms with Crippen LogP contribution in [0.4, 0.5) is 5.82 Å². The summed E-state index contributed by atoms with van der Waals surface area (Å²) in [6.45, 7) is 5.96. The molecule has 0 unspecified atom stereocenters. The monoisotopic (exact) mass is 591 g/mol. The number of nitrogens with two attached hydrogens (primary N) is 1. The zero-order valence-corrected chi connectivity index (χ0v) is 23.2. The molecule has 0 saturated carbocycles. The average molecular weight is 593 g/mol. The summed E-state index contributed by atoms with van der Waals surface area (Å²) >= 11 is 18.7. The molecule has 3 N–H and O–H groups in total. The van der Waals surface area contributed by atoms with Crippen LogP contribution in [0.15, 0.2) is 46.1 Å². The number of carbonyl (C=O) groups is 1. The Morgan fingerprint density at radius 3 is 2.59 bits per heavy atom. The van der Waals surface area contributed by atoms with Crippen molar-refractivity contribution in [1.82, 2.24) is 35.6 Å². The van der Waals surface area contributed by atoms with Gasteiger partial charge in [0.2, 0.25) is 11.6 Å². The van der Waals surface area contributed by atoms with E-state index >= 15 is 0 Å². The Balaban J connectivity index is 1.57. The van der Waals surface area contributed by atoms with E-state index < -0.39 is 5.91 Å². The van der Waals surface area contributed by atoms with E-state index in [4.69, 9.17) is 45.3 Å². The summed E-state index contributed by atoms with van der Waals surface area (Å²) < 4.78 is 11.8. The van der Waals surface area contributed by atoms with Gasteiger partial charge in [-0.25, -0.2) is 10.1 Å². The predicted octanol–water partition coefficient (Wildman–Crippen LogP) is 4.38. The number of hydrogen-bond acceptors (Lipinski definition) is 10. The fraction of sp³-hybridized carbons (Fsp3) is 0.250. The van der Waals surface area contributed by atoms with Crippen LogP contribution >= 0.6 is 34.8 Å². The highest BCUT2D eigenvalue weighted by Gasteiger charge is 2.25. The van der Waals surface area contributed by atoms with Crippen LogP contribution in [-0.4, -0.2) is 55.4 Å². The maximum Gasteiger partial charge on any atom is 0.292 e. The molecule has 12 nitrogen and oxygen atoms in total. The van der Waals surface area contributed by atoms with Crippen molar-refractivity contribution in [3.8, 4) is 11.6 Å². The van der Waals surface area contributed by atoms with Crippen LogP contribution in [0.3, 0.4) is 0 Å². The lowest BCUT2D eigenvalue weighted by atomic mass is 10.2. The fourth-order valence-corrected chi connectivity index (χ4v) is 4.26. The highest BCUT2D eigenvalue weighted by molar-refractivity contribution is 6.36. The minimum absolute atomic E-state index is 0.0335.